The SMILES string of the molecule is CC(C)(C)c1ccc(=O)n(CC2CCN(c3cc(C(F)(F)F)ncn3)CC2)n1. The van der Waals surface area contributed by atoms with Crippen LogP contribution in [0.25, 0.3) is 0 Å². The van der Waals surface area contributed by atoms with E-state index < -0.39 is 11.9 Å². The number of nitrogens with zero attached hydrogens (tertiary/aromatic N) is 5. The molecule has 0 amide bonds. The fourth-order valence-corrected chi connectivity index (χ4v) is 3.24. The van der Waals surface area contributed by atoms with E-state index in [1.165, 1.54) is 4.68 Å². The third kappa shape index (κ3) is 4.69. The summed E-state index contributed by atoms with van der Waals surface area (Å²) in [6.45, 7) is 7.78. The van der Waals surface area contributed by atoms with Crippen LogP contribution in [-0.4, -0.2) is 32.8 Å². The highest BCUT2D eigenvalue weighted by Crippen LogP contribution is 2.30. The van der Waals surface area contributed by atoms with Crippen molar-refractivity contribution in [2.45, 2.75) is 51.7 Å². The predicted molar refractivity (Wildman–Crippen MR) is 99.2 cm³/mol. The molecule has 1 aliphatic heterocycles. The van der Waals surface area contributed by atoms with E-state index in [2.05, 4.69) is 15.1 Å². The molecule has 152 valence electrons. The van der Waals surface area contributed by atoms with Crippen LogP contribution in [0, 0.1) is 5.92 Å². The Bertz CT molecular complexity index is 880. The highest BCUT2D eigenvalue weighted by Gasteiger charge is 2.33. The molecule has 0 aliphatic carbocycles. The van der Waals surface area contributed by atoms with Gasteiger partial charge in [-0.15, -0.1) is 0 Å². The lowest BCUT2D eigenvalue weighted by atomic mass is 9.92. The van der Waals surface area contributed by atoms with Crippen molar-refractivity contribution < 1.29 is 13.2 Å². The number of aromatic nitrogens is 4. The number of anilines is 1. The van der Waals surface area contributed by atoms with Crippen molar-refractivity contribution in [3.8, 4) is 0 Å². The number of rotatable bonds is 3. The lowest BCUT2D eigenvalue weighted by Gasteiger charge is -2.33. The van der Waals surface area contributed by atoms with E-state index in [-0.39, 0.29) is 22.7 Å². The van der Waals surface area contributed by atoms with Gasteiger partial charge in [-0.1, -0.05) is 20.8 Å². The molecule has 0 atom stereocenters. The zero-order valence-electron chi connectivity index (χ0n) is 16.2. The van der Waals surface area contributed by atoms with E-state index in [9.17, 15) is 18.0 Å². The molecule has 0 spiro atoms. The number of halogens is 3. The van der Waals surface area contributed by atoms with E-state index >= 15 is 0 Å². The summed E-state index contributed by atoms with van der Waals surface area (Å²) in [5, 5.41) is 4.50. The van der Waals surface area contributed by atoms with Gasteiger partial charge in [-0.25, -0.2) is 14.6 Å². The lowest BCUT2D eigenvalue weighted by molar-refractivity contribution is -0.141. The normalized spacial score (nSPS) is 16.4. The maximum atomic E-state index is 12.8. The lowest BCUT2D eigenvalue weighted by Crippen LogP contribution is -2.37. The van der Waals surface area contributed by atoms with Crippen LogP contribution >= 0.6 is 0 Å². The first-order chi connectivity index (χ1) is 13.0. The molecular formula is C19H24F3N5O. The first kappa shape index (κ1) is 20.3. The molecular weight excluding hydrogens is 371 g/mol. The van der Waals surface area contributed by atoms with Gasteiger partial charge in [0.1, 0.15) is 17.8 Å². The van der Waals surface area contributed by atoms with Crippen LogP contribution in [-0.2, 0) is 18.1 Å². The van der Waals surface area contributed by atoms with Crippen LogP contribution < -0.4 is 10.5 Å². The molecule has 3 heterocycles. The maximum Gasteiger partial charge on any atom is 0.433 e. The molecule has 2 aromatic heterocycles. The standard InChI is InChI=1S/C19H24F3N5O/c1-18(2,3)14-4-5-17(28)27(25-14)11-13-6-8-26(9-7-13)16-10-15(19(20,21)22)23-12-24-16/h4-5,10,12-13H,6-9,11H2,1-3H3. The minimum Gasteiger partial charge on any atom is -0.356 e. The summed E-state index contributed by atoms with van der Waals surface area (Å²) < 4.78 is 40.0. The van der Waals surface area contributed by atoms with Gasteiger partial charge in [-0.05, 0) is 24.8 Å². The van der Waals surface area contributed by atoms with Crippen LogP contribution in [0.15, 0.2) is 29.3 Å². The molecule has 0 aromatic carbocycles. The second-order valence-electron chi connectivity index (χ2n) is 8.18. The molecule has 1 aliphatic rings. The van der Waals surface area contributed by atoms with Gasteiger partial charge in [-0.2, -0.15) is 18.3 Å². The Morgan fingerprint density at radius 2 is 1.75 bits per heavy atom. The summed E-state index contributed by atoms with van der Waals surface area (Å²) in [7, 11) is 0. The molecule has 28 heavy (non-hydrogen) atoms. The van der Waals surface area contributed by atoms with Crippen molar-refractivity contribution in [1.82, 2.24) is 19.7 Å². The van der Waals surface area contributed by atoms with Crippen molar-refractivity contribution in [2.75, 3.05) is 18.0 Å². The quantitative estimate of drug-likeness (QED) is 0.798. The average molecular weight is 395 g/mol. The van der Waals surface area contributed by atoms with Crippen LogP contribution in [0.1, 0.15) is 45.0 Å². The van der Waals surface area contributed by atoms with Gasteiger partial charge in [0.25, 0.3) is 5.56 Å². The van der Waals surface area contributed by atoms with Crippen LogP contribution in [0.5, 0.6) is 0 Å². The van der Waals surface area contributed by atoms with E-state index in [4.69, 9.17) is 0 Å². The molecule has 0 bridgehead atoms. The molecule has 0 saturated carbocycles. The Morgan fingerprint density at radius 1 is 1.07 bits per heavy atom. The zero-order valence-corrected chi connectivity index (χ0v) is 16.2. The minimum atomic E-state index is -4.49. The Morgan fingerprint density at radius 3 is 2.36 bits per heavy atom. The zero-order chi connectivity index (χ0) is 20.5. The molecule has 6 nitrogen and oxygen atoms in total. The van der Waals surface area contributed by atoms with Gasteiger partial charge >= 0.3 is 6.18 Å². The number of piperidine rings is 1. The molecule has 1 fully saturated rings. The topological polar surface area (TPSA) is 63.9 Å². The van der Waals surface area contributed by atoms with Crippen molar-refractivity contribution in [2.24, 2.45) is 5.92 Å². The van der Waals surface area contributed by atoms with Crippen molar-refractivity contribution in [1.29, 1.82) is 0 Å². The molecule has 0 radical (unpaired) electrons. The molecule has 2 aromatic rings. The number of alkyl halides is 3. The fourth-order valence-electron chi connectivity index (χ4n) is 3.24. The largest absolute Gasteiger partial charge is 0.433 e. The predicted octanol–water partition coefficient (Wildman–Crippen LogP) is 3.27. The van der Waals surface area contributed by atoms with Gasteiger partial charge < -0.3 is 4.90 Å². The maximum absolute atomic E-state index is 12.8. The molecule has 0 unspecified atom stereocenters. The van der Waals surface area contributed by atoms with E-state index in [0.717, 1.165) is 30.9 Å². The summed E-state index contributed by atoms with van der Waals surface area (Å²) in [5.41, 5.74) is -0.372. The van der Waals surface area contributed by atoms with Crippen molar-refractivity contribution >= 4 is 5.82 Å². The van der Waals surface area contributed by atoms with Gasteiger partial charge in [-0.3, -0.25) is 4.79 Å². The molecule has 3 rings (SSSR count). The molecule has 1 saturated heterocycles. The Hall–Kier alpha value is -2.45. The first-order valence-electron chi connectivity index (χ1n) is 9.27. The summed E-state index contributed by atoms with van der Waals surface area (Å²) >= 11 is 0. The minimum absolute atomic E-state index is 0.138. The second kappa shape index (κ2) is 7.52. The highest BCUT2D eigenvalue weighted by atomic mass is 19.4. The van der Waals surface area contributed by atoms with E-state index in [0.29, 0.717) is 19.6 Å². The monoisotopic (exact) mass is 395 g/mol. The van der Waals surface area contributed by atoms with Gasteiger partial charge in [0.2, 0.25) is 0 Å². The van der Waals surface area contributed by atoms with Crippen LogP contribution in [0.3, 0.4) is 0 Å². The second-order valence-corrected chi connectivity index (χ2v) is 8.18. The Kier molecular flexibility index (Phi) is 5.45. The van der Waals surface area contributed by atoms with Crippen LogP contribution in [0.2, 0.25) is 0 Å². The number of hydrogen-bond donors (Lipinski definition) is 0. The van der Waals surface area contributed by atoms with Gasteiger partial charge in [0.15, 0.2) is 0 Å². The Balaban J connectivity index is 1.66. The first-order valence-corrected chi connectivity index (χ1v) is 9.27. The average Bonchev–Trinajstić information content (AvgIpc) is 2.63. The third-order valence-electron chi connectivity index (χ3n) is 4.95. The molecule has 0 N–H and O–H groups in total. The summed E-state index contributed by atoms with van der Waals surface area (Å²) in [6, 6.07) is 4.29. The van der Waals surface area contributed by atoms with E-state index in [1.807, 2.05) is 25.7 Å². The number of hydrogen-bond acceptors (Lipinski definition) is 5. The summed E-state index contributed by atoms with van der Waals surface area (Å²) in [5.74, 6) is 0.520. The fraction of sp³-hybridized carbons (Fsp3) is 0.579. The van der Waals surface area contributed by atoms with Gasteiger partial charge in [0.05, 0.1) is 5.69 Å². The highest BCUT2D eigenvalue weighted by molar-refractivity contribution is 5.39. The van der Waals surface area contributed by atoms with Crippen molar-refractivity contribution in [3.05, 3.63) is 46.3 Å². The van der Waals surface area contributed by atoms with Gasteiger partial charge in [0, 0.05) is 37.2 Å². The third-order valence-corrected chi connectivity index (χ3v) is 4.95. The van der Waals surface area contributed by atoms with Crippen molar-refractivity contribution in [3.63, 3.8) is 0 Å². The smallest absolute Gasteiger partial charge is 0.356 e. The summed E-state index contributed by atoms with van der Waals surface area (Å²) in [4.78, 5) is 21.3. The van der Waals surface area contributed by atoms with E-state index in [1.54, 1.807) is 12.1 Å². The molecule has 9 heteroatoms. The summed E-state index contributed by atoms with van der Waals surface area (Å²) in [6.07, 6.45) is -2.04. The Labute approximate surface area is 161 Å². The van der Waals surface area contributed by atoms with Crippen LogP contribution in [0.4, 0.5) is 19.0 Å².